The molecule has 0 spiro atoms. The van der Waals surface area contributed by atoms with Crippen LogP contribution in [0.25, 0.3) is 9.75 Å². The van der Waals surface area contributed by atoms with Gasteiger partial charge in [-0.25, -0.2) is 0 Å². The summed E-state index contributed by atoms with van der Waals surface area (Å²) in [5.41, 5.74) is 1.02. The Morgan fingerprint density at radius 3 is 2.10 bits per heavy atom. The molecule has 0 radical (unpaired) electrons. The van der Waals surface area contributed by atoms with Gasteiger partial charge in [-0.05, 0) is 0 Å². The van der Waals surface area contributed by atoms with Crippen LogP contribution in [0.2, 0.25) is 29.6 Å². The molecule has 20 heavy (non-hydrogen) atoms. The Bertz CT molecular complexity index is 650. The van der Waals surface area contributed by atoms with Crippen LogP contribution in [0.15, 0.2) is 17.5 Å². The molecule has 2 aromatic rings. The number of rotatable bonds is 3. The molecule has 0 atom stereocenters. The van der Waals surface area contributed by atoms with Crippen molar-refractivity contribution in [2.24, 2.45) is 0 Å². The number of thiophene rings is 2. The van der Waals surface area contributed by atoms with Gasteiger partial charge in [-0.1, -0.05) is 0 Å². The summed E-state index contributed by atoms with van der Waals surface area (Å²) >= 11 is -0.777. The first-order chi connectivity index (χ1) is 9.16. The number of hydrogen-bond donors (Lipinski definition) is 0. The van der Waals surface area contributed by atoms with E-state index in [1.54, 1.807) is 14.2 Å². The van der Waals surface area contributed by atoms with Crippen LogP contribution in [0.5, 0.6) is 0 Å². The summed E-state index contributed by atoms with van der Waals surface area (Å²) in [6, 6.07) is 6.79. The zero-order chi connectivity index (χ0) is 15.1. The van der Waals surface area contributed by atoms with E-state index in [9.17, 15) is 5.26 Å². The quantitative estimate of drug-likeness (QED) is 0.554. The first-order valence-corrected chi connectivity index (χ1v) is 28.5. The van der Waals surface area contributed by atoms with Crippen molar-refractivity contribution in [1.29, 1.82) is 5.26 Å². The SMILES string of the molecule is [CH3][Sn]([CH3])([CH3])[c]1sc(-c2cccs2)c(C#N)[c]1[Sn]([CH3])([CH3])[CH3]. The monoisotopic (exact) mass is 519 g/mol. The van der Waals surface area contributed by atoms with Crippen molar-refractivity contribution in [1.82, 2.24) is 0 Å². The molecule has 0 bridgehead atoms. The fourth-order valence-corrected chi connectivity index (χ4v) is 32.1. The van der Waals surface area contributed by atoms with Crippen LogP contribution in [0.3, 0.4) is 0 Å². The van der Waals surface area contributed by atoms with Gasteiger partial charge in [0.25, 0.3) is 0 Å². The Morgan fingerprint density at radius 2 is 1.70 bits per heavy atom. The molecule has 0 saturated heterocycles. The Morgan fingerprint density at radius 1 is 1.05 bits per heavy atom. The first kappa shape index (κ1) is 16.9. The molecule has 2 aromatic heterocycles. The van der Waals surface area contributed by atoms with Gasteiger partial charge < -0.3 is 0 Å². The molecule has 0 aliphatic carbocycles. The molecule has 0 aliphatic heterocycles. The number of nitriles is 1. The van der Waals surface area contributed by atoms with Crippen LogP contribution in [0.4, 0.5) is 0 Å². The van der Waals surface area contributed by atoms with Crippen molar-refractivity contribution in [2.75, 3.05) is 0 Å². The van der Waals surface area contributed by atoms with E-state index in [1.807, 2.05) is 11.3 Å². The molecule has 0 fully saturated rings. The second kappa shape index (κ2) is 5.94. The van der Waals surface area contributed by atoms with Crippen LogP contribution in [0.1, 0.15) is 5.56 Å². The summed E-state index contributed by atoms with van der Waals surface area (Å²) in [5, 5.41) is 11.9. The summed E-state index contributed by atoms with van der Waals surface area (Å²) in [7, 11) is 0. The van der Waals surface area contributed by atoms with Gasteiger partial charge in [-0.2, -0.15) is 0 Å². The Balaban J connectivity index is 2.81. The maximum absolute atomic E-state index is 9.76. The molecule has 0 N–H and O–H groups in total. The van der Waals surface area contributed by atoms with Gasteiger partial charge in [-0.3, -0.25) is 0 Å². The van der Waals surface area contributed by atoms with E-state index >= 15 is 0 Å². The van der Waals surface area contributed by atoms with Gasteiger partial charge in [0.2, 0.25) is 0 Å². The third-order valence-corrected chi connectivity index (χ3v) is 23.1. The van der Waals surface area contributed by atoms with Gasteiger partial charge in [0, 0.05) is 0 Å². The van der Waals surface area contributed by atoms with E-state index in [4.69, 9.17) is 0 Å². The van der Waals surface area contributed by atoms with Crippen LogP contribution < -0.4 is 6.47 Å². The summed E-state index contributed by atoms with van der Waals surface area (Å²) < 4.78 is 3.17. The molecule has 1 nitrogen and oxygen atoms in total. The Labute approximate surface area is 138 Å². The van der Waals surface area contributed by atoms with Gasteiger partial charge in [-0.15, -0.1) is 0 Å². The van der Waals surface area contributed by atoms with Gasteiger partial charge in [0.05, 0.1) is 0 Å². The fraction of sp³-hybridized carbons (Fsp3) is 0.400. The van der Waals surface area contributed by atoms with E-state index in [1.165, 1.54) is 13.3 Å². The standard InChI is InChI=1S/C9H3NS2.6CH3.2Sn/c10-6-7-3-5-12-9(7)8-2-1-4-11-8;;;;;;;;/h1-2,4H;6*1H3;;. The summed E-state index contributed by atoms with van der Waals surface area (Å²) in [6.07, 6.45) is 0. The van der Waals surface area contributed by atoms with E-state index in [0.29, 0.717) is 0 Å². The molecule has 0 amide bonds. The third kappa shape index (κ3) is 3.28. The third-order valence-electron chi connectivity index (χ3n) is 3.20. The topological polar surface area (TPSA) is 23.8 Å². The predicted octanol–water partition coefficient (Wildman–Crippen LogP) is 4.44. The van der Waals surface area contributed by atoms with Crippen LogP contribution >= 0.6 is 22.7 Å². The van der Waals surface area contributed by atoms with Crippen LogP contribution in [-0.2, 0) is 0 Å². The van der Waals surface area contributed by atoms with Gasteiger partial charge >= 0.3 is 140 Å². The van der Waals surface area contributed by atoms with Gasteiger partial charge in [0.15, 0.2) is 0 Å². The summed E-state index contributed by atoms with van der Waals surface area (Å²) in [5.74, 6) is 0. The van der Waals surface area contributed by atoms with Crippen LogP contribution in [0, 0.1) is 11.3 Å². The fourth-order valence-electron chi connectivity index (χ4n) is 2.36. The molecule has 2 rings (SSSR count). The molecule has 0 saturated carbocycles. The molecule has 2 heterocycles. The minimum absolute atomic E-state index is 1.02. The molecular formula is C15H21NS2Sn2. The van der Waals surface area contributed by atoms with Crippen molar-refractivity contribution in [2.45, 2.75) is 29.6 Å². The van der Waals surface area contributed by atoms with Crippen molar-refractivity contribution in [3.05, 3.63) is 23.1 Å². The summed E-state index contributed by atoms with van der Waals surface area (Å²) in [6.45, 7) is 0. The van der Waals surface area contributed by atoms with Gasteiger partial charge in [0.1, 0.15) is 0 Å². The molecule has 5 heteroatoms. The normalized spacial score (nSPS) is 12.4. The Hall–Kier alpha value is 0.487. The molecular weight excluding hydrogens is 496 g/mol. The zero-order valence-corrected chi connectivity index (χ0v) is 20.3. The van der Waals surface area contributed by atoms with Crippen LogP contribution in [-0.4, -0.2) is 36.8 Å². The second-order valence-corrected chi connectivity index (χ2v) is 38.6. The average Bonchev–Trinajstić information content (AvgIpc) is 2.93. The number of hydrogen-bond acceptors (Lipinski definition) is 3. The van der Waals surface area contributed by atoms with E-state index in [0.717, 1.165) is 5.56 Å². The van der Waals surface area contributed by atoms with Crippen molar-refractivity contribution >= 4 is 65.9 Å². The van der Waals surface area contributed by atoms with Crippen molar-refractivity contribution in [3.8, 4) is 15.8 Å². The van der Waals surface area contributed by atoms with E-state index in [-0.39, 0.29) is 0 Å². The predicted molar refractivity (Wildman–Crippen MR) is 98.3 cm³/mol. The van der Waals surface area contributed by atoms with Crippen molar-refractivity contribution in [3.63, 3.8) is 0 Å². The number of nitrogens with zero attached hydrogens (tertiary/aromatic N) is 1. The maximum atomic E-state index is 9.76. The molecule has 0 aromatic carbocycles. The first-order valence-electron chi connectivity index (χ1n) is 6.78. The van der Waals surface area contributed by atoms with E-state index < -0.39 is 36.8 Å². The molecule has 106 valence electrons. The average molecular weight is 517 g/mol. The Kier molecular flexibility index (Phi) is 5.00. The second-order valence-electron chi connectivity index (χ2n) is 7.10. The van der Waals surface area contributed by atoms with Crippen molar-refractivity contribution < 1.29 is 0 Å². The molecule has 0 aliphatic rings. The minimum atomic E-state index is -2.29. The summed E-state index contributed by atoms with van der Waals surface area (Å²) in [4.78, 5) is 17.3. The van der Waals surface area contributed by atoms with E-state index in [2.05, 4.69) is 53.2 Å². The molecule has 0 unspecified atom stereocenters. The zero-order valence-electron chi connectivity index (χ0n) is 13.0.